The molecule has 1 saturated carbocycles. The van der Waals surface area contributed by atoms with Crippen LogP contribution in [0.15, 0.2) is 18.2 Å². The summed E-state index contributed by atoms with van der Waals surface area (Å²) in [4.78, 5) is 13.3. The lowest BCUT2D eigenvalue weighted by molar-refractivity contribution is 0.0697. The molecule has 1 aliphatic carbocycles. The number of carboxylic acids is 1. The average Bonchev–Trinajstić information content (AvgIpc) is 2.46. The van der Waals surface area contributed by atoms with Crippen molar-refractivity contribution in [2.45, 2.75) is 45.1 Å². The molecule has 0 spiro atoms. The molecule has 0 amide bonds. The molecule has 1 fully saturated rings. The maximum atomic E-state index is 13.2. The van der Waals surface area contributed by atoms with Gasteiger partial charge >= 0.3 is 5.97 Å². The molecular formula is C16H22FNO2. The van der Waals surface area contributed by atoms with E-state index in [2.05, 4.69) is 6.92 Å². The summed E-state index contributed by atoms with van der Waals surface area (Å²) in [5.74, 6) is -0.783. The zero-order valence-electron chi connectivity index (χ0n) is 12.1. The number of hydrogen-bond donors (Lipinski definition) is 1. The van der Waals surface area contributed by atoms with Gasteiger partial charge in [-0.25, -0.2) is 9.18 Å². The fourth-order valence-corrected chi connectivity index (χ4v) is 3.12. The van der Waals surface area contributed by atoms with Crippen LogP contribution >= 0.6 is 0 Å². The predicted molar refractivity (Wildman–Crippen MR) is 77.8 cm³/mol. The smallest absolute Gasteiger partial charge is 0.337 e. The van der Waals surface area contributed by atoms with E-state index in [4.69, 9.17) is 0 Å². The molecular weight excluding hydrogens is 257 g/mol. The standard InChI is InChI=1S/C16H22FNO2/c1-3-11-4-7-13(8-5-11)18(2)15-9-6-12(17)10-14(15)16(19)20/h6,9-11,13H,3-5,7-8H2,1-2H3,(H,19,20). The van der Waals surface area contributed by atoms with E-state index in [0.717, 1.165) is 24.8 Å². The molecule has 0 atom stereocenters. The molecule has 0 unspecified atom stereocenters. The third-order valence-electron chi connectivity index (χ3n) is 4.51. The topological polar surface area (TPSA) is 40.5 Å². The van der Waals surface area contributed by atoms with Gasteiger partial charge in [-0.2, -0.15) is 0 Å². The fraction of sp³-hybridized carbons (Fsp3) is 0.562. The predicted octanol–water partition coefficient (Wildman–Crippen LogP) is 3.93. The normalized spacial score (nSPS) is 22.6. The molecule has 20 heavy (non-hydrogen) atoms. The number of rotatable bonds is 4. The summed E-state index contributed by atoms with van der Waals surface area (Å²) in [6.45, 7) is 2.22. The highest BCUT2D eigenvalue weighted by molar-refractivity contribution is 5.94. The maximum absolute atomic E-state index is 13.2. The van der Waals surface area contributed by atoms with Crippen molar-refractivity contribution < 1.29 is 14.3 Å². The number of hydrogen-bond acceptors (Lipinski definition) is 2. The molecule has 0 radical (unpaired) electrons. The van der Waals surface area contributed by atoms with E-state index >= 15 is 0 Å². The van der Waals surface area contributed by atoms with Crippen molar-refractivity contribution in [3.05, 3.63) is 29.6 Å². The lowest BCUT2D eigenvalue weighted by atomic mass is 9.84. The Morgan fingerprint density at radius 2 is 2.00 bits per heavy atom. The SMILES string of the molecule is CCC1CCC(N(C)c2ccc(F)cc2C(=O)O)CC1. The van der Waals surface area contributed by atoms with Crippen LogP contribution in [0.1, 0.15) is 49.4 Å². The molecule has 3 nitrogen and oxygen atoms in total. The van der Waals surface area contributed by atoms with Crippen molar-refractivity contribution in [2.24, 2.45) is 5.92 Å². The van der Waals surface area contributed by atoms with Gasteiger partial charge in [-0.05, 0) is 49.8 Å². The molecule has 0 saturated heterocycles. The van der Waals surface area contributed by atoms with Gasteiger partial charge in [0.1, 0.15) is 5.82 Å². The minimum absolute atomic E-state index is 0.0464. The van der Waals surface area contributed by atoms with Gasteiger partial charge in [0.25, 0.3) is 0 Å². The average molecular weight is 279 g/mol. The highest BCUT2D eigenvalue weighted by atomic mass is 19.1. The van der Waals surface area contributed by atoms with Crippen molar-refractivity contribution in [2.75, 3.05) is 11.9 Å². The molecule has 1 N–H and O–H groups in total. The second kappa shape index (κ2) is 6.25. The monoisotopic (exact) mass is 279 g/mol. The van der Waals surface area contributed by atoms with E-state index in [-0.39, 0.29) is 5.56 Å². The minimum Gasteiger partial charge on any atom is -0.478 e. The van der Waals surface area contributed by atoms with Crippen LogP contribution in [0.5, 0.6) is 0 Å². The zero-order valence-corrected chi connectivity index (χ0v) is 12.1. The molecule has 0 heterocycles. The van der Waals surface area contributed by atoms with Crippen LogP contribution in [-0.2, 0) is 0 Å². The summed E-state index contributed by atoms with van der Waals surface area (Å²) >= 11 is 0. The van der Waals surface area contributed by atoms with E-state index in [1.165, 1.54) is 25.3 Å². The van der Waals surface area contributed by atoms with Gasteiger partial charge in [-0.15, -0.1) is 0 Å². The molecule has 0 aliphatic heterocycles. The van der Waals surface area contributed by atoms with Crippen LogP contribution in [0.2, 0.25) is 0 Å². The van der Waals surface area contributed by atoms with Gasteiger partial charge in [-0.1, -0.05) is 13.3 Å². The Balaban J connectivity index is 2.17. The Morgan fingerprint density at radius 3 is 2.55 bits per heavy atom. The Labute approximate surface area is 119 Å². The lowest BCUT2D eigenvalue weighted by Crippen LogP contribution is -2.36. The molecule has 0 aromatic heterocycles. The number of carboxylic acid groups (broad SMARTS) is 1. The summed E-state index contributed by atoms with van der Waals surface area (Å²) in [7, 11) is 1.91. The van der Waals surface area contributed by atoms with Crippen molar-refractivity contribution in [3.8, 4) is 0 Å². The number of carbonyl (C=O) groups is 1. The molecule has 4 heteroatoms. The van der Waals surface area contributed by atoms with Crippen molar-refractivity contribution >= 4 is 11.7 Å². The Hall–Kier alpha value is -1.58. The maximum Gasteiger partial charge on any atom is 0.337 e. The molecule has 0 bridgehead atoms. The summed E-state index contributed by atoms with van der Waals surface area (Å²) in [6.07, 6.45) is 5.74. The van der Waals surface area contributed by atoms with Crippen molar-refractivity contribution in [1.29, 1.82) is 0 Å². The highest BCUT2D eigenvalue weighted by Crippen LogP contribution is 2.32. The van der Waals surface area contributed by atoms with Gasteiger partial charge in [0.05, 0.1) is 11.3 Å². The van der Waals surface area contributed by atoms with E-state index < -0.39 is 11.8 Å². The van der Waals surface area contributed by atoms with E-state index in [1.807, 2.05) is 11.9 Å². The van der Waals surface area contributed by atoms with Crippen LogP contribution in [0.3, 0.4) is 0 Å². The largest absolute Gasteiger partial charge is 0.478 e. The first kappa shape index (κ1) is 14.8. The minimum atomic E-state index is -1.08. The van der Waals surface area contributed by atoms with Crippen molar-refractivity contribution in [3.63, 3.8) is 0 Å². The molecule has 2 rings (SSSR count). The second-order valence-electron chi connectivity index (χ2n) is 5.66. The molecule has 110 valence electrons. The first-order valence-electron chi connectivity index (χ1n) is 7.28. The number of nitrogens with zero attached hydrogens (tertiary/aromatic N) is 1. The highest BCUT2D eigenvalue weighted by Gasteiger charge is 2.25. The van der Waals surface area contributed by atoms with Crippen LogP contribution in [0.4, 0.5) is 10.1 Å². The third kappa shape index (κ3) is 3.11. The van der Waals surface area contributed by atoms with E-state index in [0.29, 0.717) is 11.7 Å². The van der Waals surface area contributed by atoms with Crippen LogP contribution in [0.25, 0.3) is 0 Å². The fourth-order valence-electron chi connectivity index (χ4n) is 3.12. The number of aromatic carboxylic acids is 1. The number of benzene rings is 1. The quantitative estimate of drug-likeness (QED) is 0.907. The van der Waals surface area contributed by atoms with Gasteiger partial charge in [-0.3, -0.25) is 0 Å². The Morgan fingerprint density at radius 1 is 1.35 bits per heavy atom. The number of halogens is 1. The Bertz CT molecular complexity index is 481. The third-order valence-corrected chi connectivity index (χ3v) is 4.51. The second-order valence-corrected chi connectivity index (χ2v) is 5.66. The summed E-state index contributed by atoms with van der Waals surface area (Å²) < 4.78 is 13.2. The van der Waals surface area contributed by atoms with Crippen LogP contribution in [0, 0.1) is 11.7 Å². The molecule has 1 aromatic rings. The van der Waals surface area contributed by atoms with Gasteiger partial charge in [0, 0.05) is 13.1 Å². The summed E-state index contributed by atoms with van der Waals surface area (Å²) in [5.41, 5.74) is 0.656. The van der Waals surface area contributed by atoms with Gasteiger partial charge in [0.15, 0.2) is 0 Å². The van der Waals surface area contributed by atoms with Gasteiger partial charge < -0.3 is 10.0 Å². The number of anilines is 1. The summed E-state index contributed by atoms with van der Waals surface area (Å²) in [6, 6.07) is 4.35. The summed E-state index contributed by atoms with van der Waals surface area (Å²) in [5, 5.41) is 9.22. The zero-order chi connectivity index (χ0) is 14.7. The molecule has 1 aromatic carbocycles. The first-order chi connectivity index (χ1) is 9.52. The van der Waals surface area contributed by atoms with Crippen LogP contribution in [-0.4, -0.2) is 24.2 Å². The van der Waals surface area contributed by atoms with Gasteiger partial charge in [0.2, 0.25) is 0 Å². The molecule has 1 aliphatic rings. The lowest BCUT2D eigenvalue weighted by Gasteiger charge is -2.36. The van der Waals surface area contributed by atoms with Crippen LogP contribution < -0.4 is 4.90 Å². The Kier molecular flexibility index (Phi) is 4.63. The van der Waals surface area contributed by atoms with E-state index in [1.54, 1.807) is 6.07 Å². The van der Waals surface area contributed by atoms with E-state index in [9.17, 15) is 14.3 Å². The van der Waals surface area contributed by atoms with Crippen molar-refractivity contribution in [1.82, 2.24) is 0 Å². The first-order valence-corrected chi connectivity index (χ1v) is 7.28.